The number of hydrogen-bond donors (Lipinski definition) is 3. The molecular formula is C20H21ClN6O2. The average molecular weight is 413 g/mol. The number of hydrogen-bond acceptors (Lipinski definition) is 5. The van der Waals surface area contributed by atoms with Crippen LogP contribution in [0.15, 0.2) is 53.3 Å². The summed E-state index contributed by atoms with van der Waals surface area (Å²) in [5, 5.41) is 8.90. The number of nitrogens with zero attached hydrogens (tertiary/aromatic N) is 3. The van der Waals surface area contributed by atoms with Gasteiger partial charge in [0.1, 0.15) is 5.82 Å². The lowest BCUT2D eigenvalue weighted by Crippen LogP contribution is -2.48. The first-order valence-corrected chi connectivity index (χ1v) is 9.74. The van der Waals surface area contributed by atoms with Gasteiger partial charge in [-0.2, -0.15) is 4.98 Å². The van der Waals surface area contributed by atoms with Crippen molar-refractivity contribution in [3.8, 4) is 0 Å². The molecule has 1 aromatic heterocycles. The molecule has 9 heteroatoms. The molecule has 29 heavy (non-hydrogen) atoms. The standard InChI is InChI=1S/C20H21ClN6O2/c21-16-12-15(22-13-18-23-20(29)25-24-18)6-7-17(16)26-8-10-27(11-9-26)19(28)14-4-2-1-3-5-14/h1-7,12,22H,8-11,13H2,(H2,23,24,25,29). The second-order valence-corrected chi connectivity index (χ2v) is 7.19. The van der Waals surface area contributed by atoms with Gasteiger partial charge in [-0.25, -0.2) is 9.89 Å². The van der Waals surface area contributed by atoms with Crippen LogP contribution in [0.3, 0.4) is 0 Å². The Morgan fingerprint density at radius 1 is 1.07 bits per heavy atom. The lowest BCUT2D eigenvalue weighted by Gasteiger charge is -2.36. The van der Waals surface area contributed by atoms with E-state index in [1.54, 1.807) is 0 Å². The maximum atomic E-state index is 12.6. The number of halogens is 1. The number of benzene rings is 2. The summed E-state index contributed by atoms with van der Waals surface area (Å²) in [4.78, 5) is 31.5. The molecule has 2 heterocycles. The molecule has 2 aromatic carbocycles. The van der Waals surface area contributed by atoms with Crippen molar-refractivity contribution in [3.05, 3.63) is 75.4 Å². The molecule has 8 nitrogen and oxygen atoms in total. The van der Waals surface area contributed by atoms with E-state index < -0.39 is 5.69 Å². The van der Waals surface area contributed by atoms with E-state index in [4.69, 9.17) is 11.6 Å². The number of carbonyl (C=O) groups is 1. The highest BCUT2D eigenvalue weighted by atomic mass is 35.5. The Balaban J connectivity index is 1.36. The molecule has 0 aliphatic carbocycles. The minimum Gasteiger partial charge on any atom is -0.378 e. The SMILES string of the molecule is O=C(c1ccccc1)N1CCN(c2ccc(NCc3nc(=O)[nH][nH]3)cc2Cl)CC1. The summed E-state index contributed by atoms with van der Waals surface area (Å²) in [5.74, 6) is 0.585. The van der Waals surface area contributed by atoms with Gasteiger partial charge >= 0.3 is 5.69 Å². The molecule has 0 atom stereocenters. The summed E-state index contributed by atoms with van der Waals surface area (Å²) in [6, 6.07) is 15.1. The fourth-order valence-corrected chi connectivity index (χ4v) is 3.66. The summed E-state index contributed by atoms with van der Waals surface area (Å²) in [5.41, 5.74) is 2.09. The Morgan fingerprint density at radius 2 is 1.83 bits per heavy atom. The quantitative estimate of drug-likeness (QED) is 0.597. The van der Waals surface area contributed by atoms with Crippen LogP contribution >= 0.6 is 11.6 Å². The Kier molecular flexibility index (Phi) is 5.53. The number of piperazine rings is 1. The van der Waals surface area contributed by atoms with Crippen LogP contribution in [-0.2, 0) is 6.54 Å². The molecule has 1 aliphatic heterocycles. The highest BCUT2D eigenvalue weighted by Crippen LogP contribution is 2.30. The first kappa shape index (κ1) is 19.1. The number of carbonyl (C=O) groups excluding carboxylic acids is 1. The summed E-state index contributed by atoms with van der Waals surface area (Å²) in [7, 11) is 0. The number of aromatic amines is 2. The second-order valence-electron chi connectivity index (χ2n) is 6.78. The van der Waals surface area contributed by atoms with Gasteiger partial charge in [-0.15, -0.1) is 0 Å². The first-order valence-electron chi connectivity index (χ1n) is 9.36. The molecule has 1 fully saturated rings. The van der Waals surface area contributed by atoms with Crippen LogP contribution < -0.4 is 15.9 Å². The first-order chi connectivity index (χ1) is 14.1. The number of nitrogens with one attached hydrogen (secondary N) is 3. The van der Waals surface area contributed by atoms with Gasteiger partial charge in [-0.1, -0.05) is 29.8 Å². The summed E-state index contributed by atoms with van der Waals surface area (Å²) in [6.07, 6.45) is 0. The van der Waals surface area contributed by atoms with E-state index in [1.165, 1.54) is 0 Å². The summed E-state index contributed by atoms with van der Waals surface area (Å²) >= 11 is 6.50. The molecule has 0 bridgehead atoms. The lowest BCUT2D eigenvalue weighted by atomic mass is 10.1. The van der Waals surface area contributed by atoms with Gasteiger partial charge in [-0.05, 0) is 30.3 Å². The van der Waals surface area contributed by atoms with E-state index in [-0.39, 0.29) is 5.91 Å². The fourth-order valence-electron chi connectivity index (χ4n) is 3.36. The van der Waals surface area contributed by atoms with Crippen LogP contribution in [0.5, 0.6) is 0 Å². The molecule has 4 rings (SSSR count). The van der Waals surface area contributed by atoms with E-state index in [9.17, 15) is 9.59 Å². The molecule has 150 valence electrons. The Labute approximate surface area is 172 Å². The van der Waals surface area contributed by atoms with Crippen molar-refractivity contribution in [2.45, 2.75) is 6.54 Å². The van der Waals surface area contributed by atoms with Gasteiger partial charge in [0.2, 0.25) is 0 Å². The zero-order valence-corrected chi connectivity index (χ0v) is 16.4. The van der Waals surface area contributed by atoms with Crippen LogP contribution in [0, 0.1) is 0 Å². The zero-order chi connectivity index (χ0) is 20.2. The van der Waals surface area contributed by atoms with E-state index in [0.29, 0.717) is 36.0 Å². The second kappa shape index (κ2) is 8.40. The highest BCUT2D eigenvalue weighted by molar-refractivity contribution is 6.33. The monoisotopic (exact) mass is 412 g/mol. The van der Waals surface area contributed by atoms with Gasteiger partial charge in [0.25, 0.3) is 5.91 Å². The van der Waals surface area contributed by atoms with Crippen LogP contribution in [0.2, 0.25) is 5.02 Å². The third-order valence-corrected chi connectivity index (χ3v) is 5.19. The fraction of sp³-hybridized carbons (Fsp3) is 0.250. The van der Waals surface area contributed by atoms with E-state index in [0.717, 1.165) is 24.5 Å². The van der Waals surface area contributed by atoms with Gasteiger partial charge in [0.15, 0.2) is 0 Å². The molecule has 0 unspecified atom stereocenters. The highest BCUT2D eigenvalue weighted by Gasteiger charge is 2.23. The largest absolute Gasteiger partial charge is 0.378 e. The number of H-pyrrole nitrogens is 2. The molecule has 1 saturated heterocycles. The van der Waals surface area contributed by atoms with Crippen molar-refractivity contribution in [2.75, 3.05) is 36.4 Å². The topological polar surface area (TPSA) is 97.1 Å². The normalized spacial score (nSPS) is 14.1. The number of aromatic nitrogens is 3. The number of anilines is 2. The molecule has 3 aromatic rings. The smallest absolute Gasteiger partial charge is 0.361 e. The molecule has 0 saturated carbocycles. The Bertz CT molecular complexity index is 1040. The summed E-state index contributed by atoms with van der Waals surface area (Å²) in [6.45, 7) is 3.13. The van der Waals surface area contributed by atoms with Crippen molar-refractivity contribution in [1.29, 1.82) is 0 Å². The number of amides is 1. The van der Waals surface area contributed by atoms with E-state index >= 15 is 0 Å². The maximum Gasteiger partial charge on any atom is 0.361 e. The number of rotatable bonds is 5. The van der Waals surface area contributed by atoms with Crippen LogP contribution in [0.25, 0.3) is 0 Å². The van der Waals surface area contributed by atoms with Crippen molar-refractivity contribution >= 4 is 28.9 Å². The Hall–Kier alpha value is -3.26. The molecular weight excluding hydrogens is 392 g/mol. The van der Waals surface area contributed by atoms with Gasteiger partial charge in [-0.3, -0.25) is 9.89 Å². The minimum absolute atomic E-state index is 0.0623. The summed E-state index contributed by atoms with van der Waals surface area (Å²) < 4.78 is 0. The molecule has 1 amide bonds. The zero-order valence-electron chi connectivity index (χ0n) is 15.7. The molecule has 1 aliphatic rings. The van der Waals surface area contributed by atoms with Gasteiger partial charge in [0, 0.05) is 37.4 Å². The van der Waals surface area contributed by atoms with Crippen molar-refractivity contribution in [2.24, 2.45) is 0 Å². The third-order valence-electron chi connectivity index (χ3n) is 4.89. The average Bonchev–Trinajstić information content (AvgIpc) is 3.18. The van der Waals surface area contributed by atoms with E-state index in [2.05, 4.69) is 25.4 Å². The third kappa shape index (κ3) is 4.43. The Morgan fingerprint density at radius 3 is 2.48 bits per heavy atom. The van der Waals surface area contributed by atoms with E-state index in [1.807, 2.05) is 53.4 Å². The molecule has 3 N–H and O–H groups in total. The lowest BCUT2D eigenvalue weighted by molar-refractivity contribution is 0.0747. The van der Waals surface area contributed by atoms with Gasteiger partial charge in [0.05, 0.1) is 17.3 Å². The minimum atomic E-state index is -0.403. The van der Waals surface area contributed by atoms with Crippen molar-refractivity contribution in [3.63, 3.8) is 0 Å². The molecule has 0 spiro atoms. The predicted octanol–water partition coefficient (Wildman–Crippen LogP) is 2.33. The molecule has 0 radical (unpaired) electrons. The van der Waals surface area contributed by atoms with Crippen LogP contribution in [0.4, 0.5) is 11.4 Å². The van der Waals surface area contributed by atoms with Crippen LogP contribution in [0.1, 0.15) is 16.2 Å². The van der Waals surface area contributed by atoms with Gasteiger partial charge < -0.3 is 15.1 Å². The van der Waals surface area contributed by atoms with Crippen molar-refractivity contribution in [1.82, 2.24) is 20.1 Å². The maximum absolute atomic E-state index is 12.6. The predicted molar refractivity (Wildman–Crippen MR) is 113 cm³/mol. The van der Waals surface area contributed by atoms with Crippen molar-refractivity contribution < 1.29 is 4.79 Å². The van der Waals surface area contributed by atoms with Crippen LogP contribution in [-0.4, -0.2) is 52.2 Å².